The third kappa shape index (κ3) is 4.05. The van der Waals surface area contributed by atoms with Crippen LogP contribution in [0.4, 0.5) is 0 Å². The number of hydrogen-bond donors (Lipinski definition) is 1. The molecule has 2 heterocycles. The van der Waals surface area contributed by atoms with Crippen LogP contribution >= 0.6 is 0 Å². The van der Waals surface area contributed by atoms with Crippen LogP contribution in [0.3, 0.4) is 0 Å². The topological polar surface area (TPSA) is 82.6 Å². The van der Waals surface area contributed by atoms with Gasteiger partial charge in [0.05, 0.1) is 0 Å². The van der Waals surface area contributed by atoms with Gasteiger partial charge in [-0.25, -0.2) is 0 Å². The Morgan fingerprint density at radius 3 is 2.59 bits per heavy atom. The van der Waals surface area contributed by atoms with Crippen molar-refractivity contribution >= 4 is 16.7 Å². The largest absolute Gasteiger partial charge is 0.466 e. The monoisotopic (exact) mass is 427 g/mol. The predicted octanol–water partition coefficient (Wildman–Crippen LogP) is 4.03. The Morgan fingerprint density at radius 2 is 1.75 bits per heavy atom. The number of carbonyl (C=O) groups is 1. The lowest BCUT2D eigenvalue weighted by atomic mass is 10.0. The minimum absolute atomic E-state index is 0.160. The molecule has 0 saturated carbocycles. The summed E-state index contributed by atoms with van der Waals surface area (Å²) in [6.07, 6.45) is 0. The number of ether oxygens (including phenoxy) is 3. The summed E-state index contributed by atoms with van der Waals surface area (Å²) in [5, 5.41) is 13.2. The van der Waals surface area contributed by atoms with Crippen molar-refractivity contribution in [3.05, 3.63) is 77.9 Å². The number of fused-ring (bicyclic) bond motifs is 2. The van der Waals surface area contributed by atoms with E-state index in [0.29, 0.717) is 23.9 Å². The van der Waals surface area contributed by atoms with E-state index in [-0.39, 0.29) is 19.3 Å². The minimum Gasteiger partial charge on any atom is -0.466 e. The average Bonchev–Trinajstić information content (AvgIpc) is 3.30. The zero-order valence-electron chi connectivity index (χ0n) is 17.5. The van der Waals surface area contributed by atoms with E-state index in [0.717, 1.165) is 27.6 Å². The number of nitrogens with one attached hydrogen (secondary N) is 1. The molecule has 0 atom stereocenters. The molecule has 1 amide bonds. The molecule has 0 fully saturated rings. The predicted molar refractivity (Wildman–Crippen MR) is 120 cm³/mol. The average molecular weight is 427 g/mol. The molecule has 0 unspecified atom stereocenters. The van der Waals surface area contributed by atoms with Gasteiger partial charge < -0.3 is 19.5 Å². The van der Waals surface area contributed by atoms with Gasteiger partial charge in [-0.15, -0.1) is 10.2 Å². The van der Waals surface area contributed by atoms with Crippen molar-refractivity contribution in [2.75, 3.05) is 13.4 Å². The molecule has 5 rings (SSSR count). The van der Waals surface area contributed by atoms with Gasteiger partial charge in [0.25, 0.3) is 5.91 Å². The van der Waals surface area contributed by atoms with Crippen molar-refractivity contribution in [1.29, 1.82) is 0 Å². The van der Waals surface area contributed by atoms with Crippen molar-refractivity contribution in [1.82, 2.24) is 15.5 Å². The van der Waals surface area contributed by atoms with Crippen LogP contribution in [0, 0.1) is 6.92 Å². The molecule has 0 spiro atoms. The van der Waals surface area contributed by atoms with Crippen molar-refractivity contribution in [3.8, 4) is 28.6 Å². The SMILES string of the molecule is Cc1ccc(-c2nnc(OCC(=O)NCc3ccc4c(c3)OCO4)c3ccccc23)cc1. The smallest absolute Gasteiger partial charge is 0.258 e. The molecular weight excluding hydrogens is 406 g/mol. The summed E-state index contributed by atoms with van der Waals surface area (Å²) in [6, 6.07) is 21.5. The second-order valence-electron chi connectivity index (χ2n) is 7.52. The van der Waals surface area contributed by atoms with Crippen molar-refractivity contribution in [2.45, 2.75) is 13.5 Å². The molecule has 0 radical (unpaired) electrons. The normalized spacial score (nSPS) is 12.0. The molecule has 0 aliphatic carbocycles. The van der Waals surface area contributed by atoms with E-state index in [1.165, 1.54) is 5.56 Å². The maximum atomic E-state index is 12.3. The number of nitrogens with zero attached hydrogens (tertiary/aromatic N) is 2. The number of benzene rings is 3. The first-order chi connectivity index (χ1) is 15.7. The number of aryl methyl sites for hydroxylation is 1. The minimum atomic E-state index is -0.254. The van der Waals surface area contributed by atoms with E-state index in [9.17, 15) is 4.79 Å². The van der Waals surface area contributed by atoms with Crippen molar-refractivity contribution in [3.63, 3.8) is 0 Å². The van der Waals surface area contributed by atoms with Gasteiger partial charge in [-0.3, -0.25) is 4.79 Å². The van der Waals surface area contributed by atoms with Gasteiger partial charge in [-0.2, -0.15) is 0 Å². The molecule has 4 aromatic rings. The van der Waals surface area contributed by atoms with E-state index >= 15 is 0 Å². The molecule has 3 aromatic carbocycles. The van der Waals surface area contributed by atoms with Gasteiger partial charge in [0.15, 0.2) is 18.1 Å². The first-order valence-corrected chi connectivity index (χ1v) is 10.3. The van der Waals surface area contributed by atoms with Crippen LogP contribution in [0.2, 0.25) is 0 Å². The van der Waals surface area contributed by atoms with Gasteiger partial charge >= 0.3 is 0 Å². The molecule has 7 heteroatoms. The molecule has 32 heavy (non-hydrogen) atoms. The third-order valence-corrected chi connectivity index (χ3v) is 5.25. The number of carbonyl (C=O) groups excluding carboxylic acids is 1. The Labute approximate surface area is 185 Å². The van der Waals surface area contributed by atoms with Gasteiger partial charge in [-0.1, -0.05) is 54.1 Å². The lowest BCUT2D eigenvalue weighted by molar-refractivity contribution is -0.123. The van der Waals surface area contributed by atoms with E-state index in [4.69, 9.17) is 14.2 Å². The van der Waals surface area contributed by atoms with Crippen LogP contribution in [0.1, 0.15) is 11.1 Å². The van der Waals surface area contributed by atoms with Crippen LogP contribution in [0.5, 0.6) is 17.4 Å². The number of aromatic nitrogens is 2. The molecule has 1 aliphatic rings. The summed E-state index contributed by atoms with van der Waals surface area (Å²) in [7, 11) is 0. The highest BCUT2D eigenvalue weighted by molar-refractivity contribution is 5.97. The summed E-state index contributed by atoms with van der Waals surface area (Å²) in [6.45, 7) is 2.46. The van der Waals surface area contributed by atoms with Crippen LogP contribution in [-0.4, -0.2) is 29.5 Å². The second kappa shape index (κ2) is 8.55. The molecule has 1 N–H and O–H groups in total. The van der Waals surface area contributed by atoms with Crippen LogP contribution < -0.4 is 19.5 Å². The maximum Gasteiger partial charge on any atom is 0.258 e. The summed E-state index contributed by atoms with van der Waals surface area (Å²) < 4.78 is 16.4. The Balaban J connectivity index is 1.27. The lowest BCUT2D eigenvalue weighted by Gasteiger charge is -2.11. The number of hydrogen-bond acceptors (Lipinski definition) is 6. The number of rotatable bonds is 6. The molecule has 0 bridgehead atoms. The summed E-state index contributed by atoms with van der Waals surface area (Å²) in [5.74, 6) is 1.47. The highest BCUT2D eigenvalue weighted by Gasteiger charge is 2.15. The van der Waals surface area contributed by atoms with Crippen LogP contribution in [0.25, 0.3) is 22.0 Å². The molecule has 1 aromatic heterocycles. The lowest BCUT2D eigenvalue weighted by Crippen LogP contribution is -2.28. The highest BCUT2D eigenvalue weighted by Crippen LogP contribution is 2.33. The highest BCUT2D eigenvalue weighted by atomic mass is 16.7. The number of amides is 1. The van der Waals surface area contributed by atoms with Gasteiger partial charge in [0.1, 0.15) is 5.69 Å². The van der Waals surface area contributed by atoms with E-state index in [1.54, 1.807) is 0 Å². The molecule has 7 nitrogen and oxygen atoms in total. The van der Waals surface area contributed by atoms with Crippen molar-refractivity contribution < 1.29 is 19.0 Å². The summed E-state index contributed by atoms with van der Waals surface area (Å²) in [4.78, 5) is 12.3. The fourth-order valence-electron chi connectivity index (χ4n) is 3.55. The molecule has 0 saturated heterocycles. The van der Waals surface area contributed by atoms with E-state index in [1.807, 2.05) is 73.7 Å². The molecule has 160 valence electrons. The third-order valence-electron chi connectivity index (χ3n) is 5.25. The second-order valence-corrected chi connectivity index (χ2v) is 7.52. The first-order valence-electron chi connectivity index (χ1n) is 10.3. The zero-order chi connectivity index (χ0) is 21.9. The van der Waals surface area contributed by atoms with Crippen LogP contribution in [-0.2, 0) is 11.3 Å². The van der Waals surface area contributed by atoms with E-state index in [2.05, 4.69) is 15.5 Å². The molecular formula is C25H21N3O4. The van der Waals surface area contributed by atoms with Gasteiger partial charge in [-0.05, 0) is 30.7 Å². The van der Waals surface area contributed by atoms with Crippen LogP contribution in [0.15, 0.2) is 66.7 Å². The quantitative estimate of drug-likeness (QED) is 0.500. The first kappa shape index (κ1) is 19.8. The standard InChI is InChI=1S/C25H21N3O4/c1-16-6-9-18(10-7-16)24-19-4-2-3-5-20(19)25(28-27-24)30-14-23(29)26-13-17-8-11-21-22(12-17)32-15-31-21/h2-12H,13-15H2,1H3,(H,26,29). The maximum absolute atomic E-state index is 12.3. The van der Waals surface area contributed by atoms with E-state index < -0.39 is 0 Å². The summed E-state index contributed by atoms with van der Waals surface area (Å²) in [5.41, 5.74) is 3.85. The summed E-state index contributed by atoms with van der Waals surface area (Å²) >= 11 is 0. The zero-order valence-corrected chi connectivity index (χ0v) is 17.5. The Kier molecular flexibility index (Phi) is 5.29. The fraction of sp³-hybridized carbons (Fsp3) is 0.160. The Hall–Kier alpha value is -4.13. The fourth-order valence-corrected chi connectivity index (χ4v) is 3.55. The van der Waals surface area contributed by atoms with Crippen molar-refractivity contribution in [2.24, 2.45) is 0 Å². The molecule has 1 aliphatic heterocycles. The Bertz CT molecular complexity index is 1290. The Morgan fingerprint density at radius 1 is 0.969 bits per heavy atom. The van der Waals surface area contributed by atoms with Gasteiger partial charge in [0, 0.05) is 22.9 Å². The van der Waals surface area contributed by atoms with Gasteiger partial charge in [0.2, 0.25) is 12.7 Å².